The van der Waals surface area contributed by atoms with Crippen molar-refractivity contribution in [1.82, 2.24) is 9.88 Å². The van der Waals surface area contributed by atoms with Crippen molar-refractivity contribution in [3.05, 3.63) is 22.9 Å². The molecule has 1 atom stereocenters. The summed E-state index contributed by atoms with van der Waals surface area (Å²) in [6.07, 6.45) is 1.18. The lowest BCUT2D eigenvalue weighted by atomic mass is 10.1. The van der Waals surface area contributed by atoms with Crippen molar-refractivity contribution < 1.29 is 0 Å². The van der Waals surface area contributed by atoms with Crippen LogP contribution in [0.3, 0.4) is 0 Å². The summed E-state index contributed by atoms with van der Waals surface area (Å²) < 4.78 is 0. The van der Waals surface area contributed by atoms with E-state index in [1.165, 1.54) is 17.5 Å². The topological polar surface area (TPSA) is 45.4 Å². The number of pyridine rings is 1. The zero-order chi connectivity index (χ0) is 14.0. The molecule has 0 saturated carbocycles. The minimum atomic E-state index is 0.567. The predicted molar refractivity (Wildman–Crippen MR) is 80.5 cm³/mol. The highest BCUT2D eigenvalue weighted by Crippen LogP contribution is 2.25. The van der Waals surface area contributed by atoms with Gasteiger partial charge in [0.15, 0.2) is 0 Å². The normalized spacial score (nSPS) is 20.9. The van der Waals surface area contributed by atoms with Crippen LogP contribution in [-0.4, -0.2) is 42.6 Å². The van der Waals surface area contributed by atoms with Crippen LogP contribution in [0.1, 0.15) is 30.2 Å². The molecule has 0 spiro atoms. The fourth-order valence-electron chi connectivity index (χ4n) is 2.94. The van der Waals surface area contributed by atoms with E-state index in [0.717, 1.165) is 31.1 Å². The van der Waals surface area contributed by atoms with Crippen LogP contribution < -0.4 is 10.6 Å². The molecular weight excluding hydrogens is 236 g/mol. The first kappa shape index (κ1) is 14.3. The van der Waals surface area contributed by atoms with Crippen molar-refractivity contribution in [2.75, 3.05) is 31.6 Å². The molecule has 19 heavy (non-hydrogen) atoms. The minimum Gasteiger partial charge on any atom is -0.353 e. The van der Waals surface area contributed by atoms with Gasteiger partial charge >= 0.3 is 0 Å². The lowest BCUT2D eigenvalue weighted by molar-refractivity contribution is 0.212. The van der Waals surface area contributed by atoms with Gasteiger partial charge in [0.05, 0.1) is 0 Å². The molecule has 4 nitrogen and oxygen atoms in total. The number of hydrogen-bond acceptors (Lipinski definition) is 4. The molecule has 1 aliphatic rings. The Morgan fingerprint density at radius 3 is 2.74 bits per heavy atom. The molecule has 0 aliphatic carbocycles. The average Bonchev–Trinajstić information content (AvgIpc) is 2.38. The Morgan fingerprint density at radius 2 is 2.11 bits per heavy atom. The van der Waals surface area contributed by atoms with Gasteiger partial charge in [-0.25, -0.2) is 4.98 Å². The molecule has 1 aromatic heterocycles. The number of anilines is 1. The SMILES string of the molecule is CCC1CN(c2nc(C)cc(C)c2CN)CCN1C. The maximum absolute atomic E-state index is 5.93. The van der Waals surface area contributed by atoms with Gasteiger partial charge in [0.1, 0.15) is 5.82 Å². The van der Waals surface area contributed by atoms with Gasteiger partial charge in [0.25, 0.3) is 0 Å². The van der Waals surface area contributed by atoms with Crippen LogP contribution in [-0.2, 0) is 6.54 Å². The number of aromatic nitrogens is 1. The van der Waals surface area contributed by atoms with Crippen LogP contribution >= 0.6 is 0 Å². The van der Waals surface area contributed by atoms with Crippen molar-refractivity contribution >= 4 is 5.82 Å². The van der Waals surface area contributed by atoms with Gasteiger partial charge in [-0.2, -0.15) is 0 Å². The number of nitrogens with zero attached hydrogens (tertiary/aromatic N) is 3. The number of hydrogen-bond donors (Lipinski definition) is 1. The van der Waals surface area contributed by atoms with E-state index in [9.17, 15) is 0 Å². The van der Waals surface area contributed by atoms with E-state index in [2.05, 4.69) is 43.7 Å². The number of aryl methyl sites for hydroxylation is 2. The van der Waals surface area contributed by atoms with E-state index >= 15 is 0 Å². The maximum atomic E-state index is 5.93. The molecule has 4 heteroatoms. The molecule has 0 aromatic carbocycles. The van der Waals surface area contributed by atoms with Crippen molar-refractivity contribution in [2.24, 2.45) is 5.73 Å². The summed E-state index contributed by atoms with van der Waals surface area (Å²) in [7, 11) is 2.21. The highest BCUT2D eigenvalue weighted by atomic mass is 15.3. The van der Waals surface area contributed by atoms with E-state index in [1.54, 1.807) is 0 Å². The van der Waals surface area contributed by atoms with Crippen LogP contribution in [0, 0.1) is 13.8 Å². The van der Waals surface area contributed by atoms with Gasteiger partial charge in [-0.1, -0.05) is 6.92 Å². The third kappa shape index (κ3) is 2.90. The number of piperazine rings is 1. The van der Waals surface area contributed by atoms with E-state index in [-0.39, 0.29) is 0 Å². The third-order valence-corrected chi connectivity index (χ3v) is 4.21. The second-order valence-corrected chi connectivity index (χ2v) is 5.58. The molecule has 0 amide bonds. The van der Waals surface area contributed by atoms with Crippen LogP contribution in [0.2, 0.25) is 0 Å². The molecule has 106 valence electrons. The number of likely N-dealkylation sites (N-methyl/N-ethyl adjacent to an activating group) is 1. The van der Waals surface area contributed by atoms with E-state index in [4.69, 9.17) is 10.7 Å². The number of nitrogens with two attached hydrogens (primary N) is 1. The first-order valence-electron chi connectivity index (χ1n) is 7.19. The molecule has 2 heterocycles. The van der Waals surface area contributed by atoms with Crippen molar-refractivity contribution in [3.63, 3.8) is 0 Å². The van der Waals surface area contributed by atoms with Gasteiger partial charge < -0.3 is 10.6 Å². The molecule has 0 bridgehead atoms. The molecule has 1 aliphatic heterocycles. The van der Waals surface area contributed by atoms with Crippen LogP contribution in [0.15, 0.2) is 6.07 Å². The summed E-state index contributed by atoms with van der Waals surface area (Å²) >= 11 is 0. The van der Waals surface area contributed by atoms with E-state index < -0.39 is 0 Å². The smallest absolute Gasteiger partial charge is 0.133 e. The van der Waals surface area contributed by atoms with E-state index in [0.29, 0.717) is 12.6 Å². The lowest BCUT2D eigenvalue weighted by Crippen LogP contribution is -2.51. The molecule has 0 radical (unpaired) electrons. The van der Waals surface area contributed by atoms with Gasteiger partial charge in [-0.15, -0.1) is 0 Å². The first-order chi connectivity index (χ1) is 9.06. The Morgan fingerprint density at radius 1 is 1.37 bits per heavy atom. The monoisotopic (exact) mass is 262 g/mol. The summed E-state index contributed by atoms with van der Waals surface area (Å²) in [5.74, 6) is 1.10. The largest absolute Gasteiger partial charge is 0.353 e. The maximum Gasteiger partial charge on any atom is 0.133 e. The van der Waals surface area contributed by atoms with Crippen LogP contribution in [0.25, 0.3) is 0 Å². The molecular formula is C15H26N4. The Balaban J connectivity index is 2.31. The quantitative estimate of drug-likeness (QED) is 0.900. The molecule has 2 rings (SSSR count). The second kappa shape index (κ2) is 5.88. The van der Waals surface area contributed by atoms with Crippen LogP contribution in [0.4, 0.5) is 5.82 Å². The molecule has 1 aromatic rings. The predicted octanol–water partition coefficient (Wildman–Crippen LogP) is 1.69. The zero-order valence-corrected chi connectivity index (χ0v) is 12.6. The Hall–Kier alpha value is -1.13. The summed E-state index contributed by atoms with van der Waals surface area (Å²) in [4.78, 5) is 9.61. The third-order valence-electron chi connectivity index (χ3n) is 4.21. The second-order valence-electron chi connectivity index (χ2n) is 5.58. The zero-order valence-electron chi connectivity index (χ0n) is 12.6. The summed E-state index contributed by atoms with van der Waals surface area (Å²) in [6, 6.07) is 2.74. The van der Waals surface area contributed by atoms with Gasteiger partial charge in [-0.3, -0.25) is 4.90 Å². The van der Waals surface area contributed by atoms with Crippen molar-refractivity contribution in [2.45, 2.75) is 39.8 Å². The standard InChI is InChI=1S/C15H26N4/c1-5-13-10-19(7-6-18(13)4)15-14(9-16)11(2)8-12(3)17-15/h8,13H,5-7,9-10,16H2,1-4H3. The Kier molecular flexibility index (Phi) is 4.42. The molecule has 1 saturated heterocycles. The molecule has 2 N–H and O–H groups in total. The highest BCUT2D eigenvalue weighted by molar-refractivity contribution is 5.52. The lowest BCUT2D eigenvalue weighted by Gasteiger charge is -2.40. The van der Waals surface area contributed by atoms with E-state index in [1.807, 2.05) is 0 Å². The number of rotatable bonds is 3. The fraction of sp³-hybridized carbons (Fsp3) is 0.667. The minimum absolute atomic E-state index is 0.567. The molecule has 1 unspecified atom stereocenters. The van der Waals surface area contributed by atoms with Gasteiger partial charge in [-0.05, 0) is 38.9 Å². The van der Waals surface area contributed by atoms with Gasteiger partial charge in [0, 0.05) is 43.5 Å². The fourth-order valence-corrected chi connectivity index (χ4v) is 2.94. The highest BCUT2D eigenvalue weighted by Gasteiger charge is 2.25. The average molecular weight is 262 g/mol. The Bertz CT molecular complexity index is 444. The van der Waals surface area contributed by atoms with Gasteiger partial charge in [0.2, 0.25) is 0 Å². The summed E-state index contributed by atoms with van der Waals surface area (Å²) in [5.41, 5.74) is 9.47. The summed E-state index contributed by atoms with van der Waals surface area (Å²) in [5, 5.41) is 0. The van der Waals surface area contributed by atoms with Crippen LogP contribution in [0.5, 0.6) is 0 Å². The first-order valence-corrected chi connectivity index (χ1v) is 7.19. The Labute approximate surface area is 116 Å². The molecule has 1 fully saturated rings. The summed E-state index contributed by atoms with van der Waals surface area (Å²) in [6.45, 7) is 10.2. The van der Waals surface area contributed by atoms with Crippen molar-refractivity contribution in [3.8, 4) is 0 Å². The van der Waals surface area contributed by atoms with Crippen molar-refractivity contribution in [1.29, 1.82) is 0 Å².